The molecule has 0 aliphatic carbocycles. The summed E-state index contributed by atoms with van der Waals surface area (Å²) in [6, 6.07) is -0.162. The van der Waals surface area contributed by atoms with Gasteiger partial charge >= 0.3 is 0 Å². The highest BCUT2D eigenvalue weighted by Crippen LogP contribution is 2.10. The first kappa shape index (κ1) is 12.9. The number of nitrogens with zero attached hydrogens (tertiary/aromatic N) is 1. The van der Waals surface area contributed by atoms with Gasteiger partial charge in [0.05, 0.1) is 12.7 Å². The second-order valence-electron chi connectivity index (χ2n) is 3.63. The molecule has 0 saturated carbocycles. The quantitative estimate of drug-likeness (QED) is 0.649. The first-order valence-electron chi connectivity index (χ1n) is 5.09. The number of hydrogen-bond donors (Lipinski definition) is 2. The second-order valence-corrected chi connectivity index (χ2v) is 5.38. The molecular formula is C8H19N3O3S. The second kappa shape index (κ2) is 5.22. The van der Waals surface area contributed by atoms with E-state index >= 15 is 0 Å². The van der Waals surface area contributed by atoms with Crippen LogP contribution in [0.4, 0.5) is 0 Å². The van der Waals surface area contributed by atoms with Crippen LogP contribution in [0, 0.1) is 0 Å². The van der Waals surface area contributed by atoms with E-state index in [0.717, 1.165) is 0 Å². The van der Waals surface area contributed by atoms with Crippen LogP contribution in [-0.2, 0) is 14.9 Å². The summed E-state index contributed by atoms with van der Waals surface area (Å²) in [5.41, 5.74) is 5.68. The maximum atomic E-state index is 11.7. The van der Waals surface area contributed by atoms with Crippen molar-refractivity contribution in [1.82, 2.24) is 9.03 Å². The minimum atomic E-state index is -3.35. The Balaban J connectivity index is 2.63. The molecule has 1 rings (SSSR count). The van der Waals surface area contributed by atoms with Crippen LogP contribution in [0.1, 0.15) is 13.8 Å². The molecule has 1 aliphatic heterocycles. The van der Waals surface area contributed by atoms with Gasteiger partial charge in [-0.1, -0.05) is 6.92 Å². The van der Waals surface area contributed by atoms with E-state index in [1.54, 1.807) is 6.92 Å². The number of nitrogens with one attached hydrogen (secondary N) is 1. The molecule has 0 bridgehead atoms. The fourth-order valence-corrected chi connectivity index (χ4v) is 2.67. The van der Waals surface area contributed by atoms with Crippen LogP contribution in [0.3, 0.4) is 0 Å². The lowest BCUT2D eigenvalue weighted by Crippen LogP contribution is -2.53. The van der Waals surface area contributed by atoms with Gasteiger partial charge in [0.25, 0.3) is 10.2 Å². The zero-order valence-electron chi connectivity index (χ0n) is 9.14. The van der Waals surface area contributed by atoms with Crippen molar-refractivity contribution >= 4 is 10.2 Å². The highest BCUT2D eigenvalue weighted by Gasteiger charge is 2.30. The van der Waals surface area contributed by atoms with E-state index in [-0.39, 0.29) is 12.1 Å². The molecule has 15 heavy (non-hydrogen) atoms. The summed E-state index contributed by atoms with van der Waals surface area (Å²) in [5.74, 6) is 0. The van der Waals surface area contributed by atoms with Crippen LogP contribution < -0.4 is 10.5 Å². The van der Waals surface area contributed by atoms with Gasteiger partial charge in [-0.15, -0.1) is 0 Å². The molecule has 1 aliphatic rings. The molecule has 0 spiro atoms. The molecule has 0 aromatic rings. The molecule has 6 nitrogen and oxygen atoms in total. The van der Waals surface area contributed by atoms with Crippen molar-refractivity contribution in [1.29, 1.82) is 0 Å². The van der Waals surface area contributed by atoms with Crippen molar-refractivity contribution in [3.8, 4) is 0 Å². The Morgan fingerprint density at radius 2 is 2.33 bits per heavy atom. The number of nitrogens with two attached hydrogens (primary N) is 1. The zero-order chi connectivity index (χ0) is 11.5. The summed E-state index contributed by atoms with van der Waals surface area (Å²) in [6.07, 6.45) is -0.216. The van der Waals surface area contributed by atoms with Crippen LogP contribution >= 0.6 is 0 Å². The lowest BCUT2D eigenvalue weighted by atomic mass is 10.2. The van der Waals surface area contributed by atoms with Gasteiger partial charge in [0.1, 0.15) is 0 Å². The van der Waals surface area contributed by atoms with Gasteiger partial charge < -0.3 is 10.5 Å². The molecule has 3 N–H and O–H groups in total. The smallest absolute Gasteiger partial charge is 0.279 e. The molecular weight excluding hydrogens is 218 g/mol. The summed E-state index contributed by atoms with van der Waals surface area (Å²) < 4.78 is 32.6. The summed E-state index contributed by atoms with van der Waals surface area (Å²) in [7, 11) is -3.35. The third-order valence-corrected chi connectivity index (χ3v) is 3.97. The Morgan fingerprint density at radius 1 is 1.67 bits per heavy atom. The fourth-order valence-electron chi connectivity index (χ4n) is 1.46. The fraction of sp³-hybridized carbons (Fsp3) is 1.00. The zero-order valence-corrected chi connectivity index (χ0v) is 9.96. The van der Waals surface area contributed by atoms with Crippen LogP contribution in [0.5, 0.6) is 0 Å². The maximum absolute atomic E-state index is 11.7. The van der Waals surface area contributed by atoms with Crippen molar-refractivity contribution < 1.29 is 13.2 Å². The Morgan fingerprint density at radius 3 is 2.87 bits per heavy atom. The normalized spacial score (nSPS) is 26.5. The lowest BCUT2D eigenvalue weighted by Gasteiger charge is -2.33. The molecule has 90 valence electrons. The largest absolute Gasteiger partial charge is 0.374 e. The average Bonchev–Trinajstić information content (AvgIpc) is 2.18. The number of hydrogen-bond acceptors (Lipinski definition) is 4. The van der Waals surface area contributed by atoms with Gasteiger partial charge in [0.2, 0.25) is 0 Å². The molecule has 2 unspecified atom stereocenters. The topological polar surface area (TPSA) is 84.7 Å². The summed E-state index contributed by atoms with van der Waals surface area (Å²) in [5, 5.41) is 0. The van der Waals surface area contributed by atoms with Crippen molar-refractivity contribution in [2.45, 2.75) is 26.0 Å². The number of rotatable bonds is 4. The summed E-state index contributed by atoms with van der Waals surface area (Å²) in [6.45, 7) is 5.07. The number of ether oxygens (including phenoxy) is 1. The van der Waals surface area contributed by atoms with Gasteiger partial charge in [-0.25, -0.2) is 4.72 Å². The van der Waals surface area contributed by atoms with Gasteiger partial charge in [0, 0.05) is 25.7 Å². The highest BCUT2D eigenvalue weighted by atomic mass is 32.2. The SMILES string of the molecule is CCNS(=O)(=O)N1CCOC(C(C)N)C1. The predicted molar refractivity (Wildman–Crippen MR) is 57.6 cm³/mol. The molecule has 0 amide bonds. The van der Waals surface area contributed by atoms with E-state index in [4.69, 9.17) is 10.5 Å². The molecule has 0 radical (unpaired) electrons. The standard InChI is InChI=1S/C8H19N3O3S/c1-3-10-15(12,13)11-4-5-14-8(6-11)7(2)9/h7-8,10H,3-6,9H2,1-2H3. The lowest BCUT2D eigenvalue weighted by molar-refractivity contribution is -0.0123. The van der Waals surface area contributed by atoms with Gasteiger partial charge in [-0.3, -0.25) is 0 Å². The van der Waals surface area contributed by atoms with Crippen molar-refractivity contribution in [3.63, 3.8) is 0 Å². The van der Waals surface area contributed by atoms with E-state index < -0.39 is 10.2 Å². The predicted octanol–water partition coefficient (Wildman–Crippen LogP) is -1.11. The van der Waals surface area contributed by atoms with Crippen LogP contribution in [0.15, 0.2) is 0 Å². The molecule has 7 heteroatoms. The Labute approximate surface area is 90.9 Å². The van der Waals surface area contributed by atoms with Crippen molar-refractivity contribution in [2.75, 3.05) is 26.2 Å². The van der Waals surface area contributed by atoms with E-state index in [1.165, 1.54) is 4.31 Å². The Kier molecular flexibility index (Phi) is 4.47. The van der Waals surface area contributed by atoms with E-state index in [0.29, 0.717) is 26.2 Å². The van der Waals surface area contributed by atoms with Crippen molar-refractivity contribution in [3.05, 3.63) is 0 Å². The molecule has 1 saturated heterocycles. The maximum Gasteiger partial charge on any atom is 0.279 e. The average molecular weight is 237 g/mol. The molecule has 2 atom stereocenters. The first-order chi connectivity index (χ1) is 6.97. The third kappa shape index (κ3) is 3.39. The minimum absolute atomic E-state index is 0.162. The van der Waals surface area contributed by atoms with E-state index in [2.05, 4.69) is 4.72 Å². The van der Waals surface area contributed by atoms with E-state index in [1.807, 2.05) is 6.92 Å². The van der Waals surface area contributed by atoms with Crippen LogP contribution in [0.2, 0.25) is 0 Å². The van der Waals surface area contributed by atoms with Crippen LogP contribution in [0.25, 0.3) is 0 Å². The summed E-state index contributed by atoms with van der Waals surface area (Å²) in [4.78, 5) is 0. The first-order valence-corrected chi connectivity index (χ1v) is 6.53. The van der Waals surface area contributed by atoms with Gasteiger partial charge in [-0.05, 0) is 6.92 Å². The molecule has 0 aromatic heterocycles. The molecule has 1 fully saturated rings. The minimum Gasteiger partial charge on any atom is -0.374 e. The van der Waals surface area contributed by atoms with Gasteiger partial charge in [0.15, 0.2) is 0 Å². The molecule has 0 aromatic carbocycles. The van der Waals surface area contributed by atoms with Crippen LogP contribution in [-0.4, -0.2) is 51.1 Å². The third-order valence-electron chi connectivity index (χ3n) is 2.31. The number of morpholine rings is 1. The van der Waals surface area contributed by atoms with Gasteiger partial charge in [-0.2, -0.15) is 12.7 Å². The van der Waals surface area contributed by atoms with Crippen molar-refractivity contribution in [2.24, 2.45) is 5.73 Å². The highest BCUT2D eigenvalue weighted by molar-refractivity contribution is 7.87. The Bertz CT molecular complexity index is 292. The monoisotopic (exact) mass is 237 g/mol. The van der Waals surface area contributed by atoms with E-state index in [9.17, 15) is 8.42 Å². The Hall–Kier alpha value is -0.210. The molecule has 1 heterocycles. The summed E-state index contributed by atoms with van der Waals surface area (Å²) >= 11 is 0.